The number of para-hydroxylation sites is 1. The van der Waals surface area contributed by atoms with Crippen LogP contribution < -0.4 is 4.90 Å². The minimum Gasteiger partial charge on any atom is -0.289 e. The van der Waals surface area contributed by atoms with Crippen LogP contribution in [0, 0.1) is 0 Å². The van der Waals surface area contributed by atoms with E-state index in [9.17, 15) is 9.59 Å². The van der Waals surface area contributed by atoms with Crippen molar-refractivity contribution in [3.05, 3.63) is 94.8 Å². The third kappa shape index (κ3) is 3.57. The van der Waals surface area contributed by atoms with Gasteiger partial charge in [-0.25, -0.2) is 4.90 Å². The van der Waals surface area contributed by atoms with Crippen molar-refractivity contribution in [2.75, 3.05) is 4.90 Å². The number of fused-ring (bicyclic) bond motifs is 1. The van der Waals surface area contributed by atoms with E-state index in [0.29, 0.717) is 21.8 Å². The molecule has 2 amide bonds. The first kappa shape index (κ1) is 19.0. The highest BCUT2D eigenvalue weighted by Crippen LogP contribution is 2.35. The van der Waals surface area contributed by atoms with E-state index in [1.165, 1.54) is 0 Å². The molecule has 2 atom stereocenters. The third-order valence-corrected chi connectivity index (χ3v) is 5.28. The van der Waals surface area contributed by atoms with Gasteiger partial charge in [0.05, 0.1) is 22.7 Å². The molecule has 2 heterocycles. The second kappa shape index (κ2) is 7.97. The van der Waals surface area contributed by atoms with Gasteiger partial charge in [-0.15, -0.1) is 0 Å². The van der Waals surface area contributed by atoms with Gasteiger partial charge in [0.2, 0.25) is 5.91 Å². The number of imide groups is 1. The van der Waals surface area contributed by atoms with Gasteiger partial charge in [-0.3, -0.25) is 19.6 Å². The Morgan fingerprint density at radius 2 is 1.72 bits per heavy atom. The third-order valence-electron chi connectivity index (χ3n) is 4.96. The fourth-order valence-electron chi connectivity index (χ4n) is 3.40. The van der Waals surface area contributed by atoms with E-state index in [1.54, 1.807) is 61.1 Å². The number of anilines is 1. The number of halogens is 1. The minimum atomic E-state index is -0.676. The first-order valence-electron chi connectivity index (χ1n) is 9.23. The molecule has 3 aromatic rings. The zero-order chi connectivity index (χ0) is 20.4. The van der Waals surface area contributed by atoms with Gasteiger partial charge in [0, 0.05) is 24.2 Å². The van der Waals surface area contributed by atoms with Crippen LogP contribution >= 0.6 is 11.6 Å². The number of nitrogens with zero attached hydrogens (tertiary/aromatic N) is 3. The highest BCUT2D eigenvalue weighted by Gasteiger charge is 2.39. The lowest BCUT2D eigenvalue weighted by Crippen LogP contribution is -2.45. The van der Waals surface area contributed by atoms with Crippen molar-refractivity contribution < 1.29 is 9.59 Å². The van der Waals surface area contributed by atoms with Crippen molar-refractivity contribution in [3.8, 4) is 0 Å². The molecule has 144 valence electrons. The Morgan fingerprint density at radius 3 is 2.48 bits per heavy atom. The van der Waals surface area contributed by atoms with E-state index in [2.05, 4.69) is 9.98 Å². The number of rotatable bonds is 4. The van der Waals surface area contributed by atoms with Crippen LogP contribution in [0.4, 0.5) is 5.69 Å². The van der Waals surface area contributed by atoms with Crippen molar-refractivity contribution in [1.29, 1.82) is 0 Å². The predicted molar refractivity (Wildman–Crippen MR) is 114 cm³/mol. The van der Waals surface area contributed by atoms with E-state index in [-0.39, 0.29) is 17.9 Å². The van der Waals surface area contributed by atoms with Crippen LogP contribution in [-0.4, -0.2) is 23.0 Å². The number of benzene rings is 2. The average molecular weight is 404 g/mol. The molecule has 2 aromatic carbocycles. The number of hydrogen-bond acceptors (Lipinski definition) is 4. The molecule has 29 heavy (non-hydrogen) atoms. The Morgan fingerprint density at radius 1 is 1.03 bits per heavy atom. The van der Waals surface area contributed by atoms with Gasteiger partial charge in [-0.2, -0.15) is 0 Å². The molecule has 1 aliphatic heterocycles. The van der Waals surface area contributed by atoms with Crippen LogP contribution in [0.3, 0.4) is 0 Å². The second-order valence-electron chi connectivity index (χ2n) is 6.75. The maximum Gasteiger partial charge on any atom is 0.265 e. The molecule has 0 bridgehead atoms. The summed E-state index contributed by atoms with van der Waals surface area (Å²) in [5, 5.41) is 0.342. The van der Waals surface area contributed by atoms with Gasteiger partial charge in [0.1, 0.15) is 0 Å². The number of carbonyl (C=O) groups is 2. The zero-order valence-corrected chi connectivity index (χ0v) is 16.5. The first-order valence-corrected chi connectivity index (χ1v) is 9.60. The normalized spacial score (nSPS) is 17.4. The predicted octanol–water partition coefficient (Wildman–Crippen LogP) is 4.84. The van der Waals surface area contributed by atoms with E-state index in [0.717, 1.165) is 10.5 Å². The molecule has 6 heteroatoms. The summed E-state index contributed by atoms with van der Waals surface area (Å²) in [6.45, 7) is 1.95. The van der Waals surface area contributed by atoms with Crippen LogP contribution in [-0.2, 0) is 4.79 Å². The highest BCUT2D eigenvalue weighted by molar-refractivity contribution is 6.37. The number of amides is 2. The van der Waals surface area contributed by atoms with Gasteiger partial charge in [0.15, 0.2) is 0 Å². The number of aromatic nitrogens is 1. The van der Waals surface area contributed by atoms with Crippen LogP contribution in [0.5, 0.6) is 0 Å². The first-order chi connectivity index (χ1) is 14.1. The maximum absolute atomic E-state index is 13.3. The summed E-state index contributed by atoms with van der Waals surface area (Å²) in [5.74, 6) is -1.43. The molecule has 0 saturated heterocycles. The lowest BCUT2D eigenvalue weighted by Gasteiger charge is -2.31. The van der Waals surface area contributed by atoms with Gasteiger partial charge >= 0.3 is 0 Å². The Kier molecular flexibility index (Phi) is 5.23. The molecule has 0 radical (unpaired) electrons. The van der Waals surface area contributed by atoms with E-state index in [1.807, 2.05) is 25.1 Å². The Labute approximate surface area is 173 Å². The van der Waals surface area contributed by atoms with Gasteiger partial charge < -0.3 is 0 Å². The van der Waals surface area contributed by atoms with Crippen molar-refractivity contribution in [2.45, 2.75) is 18.9 Å². The molecular formula is C23H18ClN3O2. The second-order valence-corrected chi connectivity index (χ2v) is 7.16. The molecule has 4 rings (SSSR count). The summed E-state index contributed by atoms with van der Waals surface area (Å²) in [4.78, 5) is 36.2. The van der Waals surface area contributed by atoms with Crippen LogP contribution in [0.2, 0.25) is 5.02 Å². The SMILES string of the molecule is C[C@H](N=CC1C(=O)N(c2ccccc2Cl)C(=O)c2ccccc21)c1ccncc1. The van der Waals surface area contributed by atoms with E-state index >= 15 is 0 Å². The Bertz CT molecular complexity index is 1100. The molecule has 0 saturated carbocycles. The van der Waals surface area contributed by atoms with Crippen LogP contribution in [0.15, 0.2) is 78.0 Å². The summed E-state index contributed by atoms with van der Waals surface area (Å²) >= 11 is 6.28. The van der Waals surface area contributed by atoms with Gasteiger partial charge in [-0.05, 0) is 48.4 Å². The number of aliphatic imine (C=N–C) groups is 1. The van der Waals surface area contributed by atoms with E-state index in [4.69, 9.17) is 11.6 Å². The Hall–Kier alpha value is -3.31. The molecule has 0 aliphatic carbocycles. The minimum absolute atomic E-state index is 0.149. The highest BCUT2D eigenvalue weighted by atomic mass is 35.5. The monoisotopic (exact) mass is 403 g/mol. The fraction of sp³-hybridized carbons (Fsp3) is 0.130. The summed E-state index contributed by atoms with van der Waals surface area (Å²) in [6, 6.07) is 17.6. The largest absolute Gasteiger partial charge is 0.289 e. The summed E-state index contributed by atoms with van der Waals surface area (Å²) in [6.07, 6.45) is 5.04. The molecule has 1 aliphatic rings. The average Bonchev–Trinajstić information content (AvgIpc) is 2.75. The molecule has 1 unspecified atom stereocenters. The molecule has 5 nitrogen and oxygen atoms in total. The standard InChI is InChI=1S/C23H18ClN3O2/c1-15(16-10-12-25-13-11-16)26-14-19-17-6-2-3-7-18(17)22(28)27(23(19)29)21-9-5-4-8-20(21)24/h2-15,19H,1H3/t15-,19?/m0/s1. The number of hydrogen-bond donors (Lipinski definition) is 0. The molecule has 1 aromatic heterocycles. The topological polar surface area (TPSA) is 62.6 Å². The number of carbonyl (C=O) groups excluding carboxylic acids is 2. The summed E-state index contributed by atoms with van der Waals surface area (Å²) in [5.41, 5.74) is 2.49. The molecular weight excluding hydrogens is 386 g/mol. The summed E-state index contributed by atoms with van der Waals surface area (Å²) < 4.78 is 0. The van der Waals surface area contributed by atoms with Crippen molar-refractivity contribution in [1.82, 2.24) is 4.98 Å². The smallest absolute Gasteiger partial charge is 0.265 e. The molecule has 0 N–H and O–H groups in total. The molecule has 0 fully saturated rings. The van der Waals surface area contributed by atoms with Crippen LogP contribution in [0.1, 0.15) is 40.4 Å². The lowest BCUT2D eigenvalue weighted by molar-refractivity contribution is -0.118. The fourth-order valence-corrected chi connectivity index (χ4v) is 3.62. The van der Waals surface area contributed by atoms with Crippen molar-refractivity contribution in [2.24, 2.45) is 4.99 Å². The lowest BCUT2D eigenvalue weighted by atomic mass is 9.88. The van der Waals surface area contributed by atoms with Crippen LogP contribution in [0.25, 0.3) is 0 Å². The number of pyridine rings is 1. The van der Waals surface area contributed by atoms with Gasteiger partial charge in [0.25, 0.3) is 5.91 Å². The quantitative estimate of drug-likeness (QED) is 0.462. The van der Waals surface area contributed by atoms with Gasteiger partial charge in [-0.1, -0.05) is 41.9 Å². The maximum atomic E-state index is 13.3. The summed E-state index contributed by atoms with van der Waals surface area (Å²) in [7, 11) is 0. The van der Waals surface area contributed by atoms with Crippen molar-refractivity contribution >= 4 is 35.3 Å². The Balaban J connectivity index is 1.75. The molecule has 0 spiro atoms. The van der Waals surface area contributed by atoms with E-state index < -0.39 is 5.92 Å². The van der Waals surface area contributed by atoms with Crippen molar-refractivity contribution in [3.63, 3.8) is 0 Å². The zero-order valence-electron chi connectivity index (χ0n) is 15.7.